The molecular weight excluding hydrogens is 279 g/mol. The Bertz CT molecular complexity index is 717. The molecule has 0 spiro atoms. The maximum absolute atomic E-state index is 13.7. The summed E-state index contributed by atoms with van der Waals surface area (Å²) >= 11 is 0. The Hall–Kier alpha value is -2.08. The lowest BCUT2D eigenvalue weighted by molar-refractivity contribution is 0.590. The molecule has 0 aromatic heterocycles. The highest BCUT2D eigenvalue weighted by molar-refractivity contribution is 7.92. The van der Waals surface area contributed by atoms with Crippen molar-refractivity contribution in [3.63, 3.8) is 0 Å². The second-order valence-electron chi connectivity index (χ2n) is 4.46. The average molecular weight is 294 g/mol. The smallest absolute Gasteiger partial charge is 0.232 e. The molecule has 0 aliphatic carbocycles. The van der Waals surface area contributed by atoms with E-state index in [2.05, 4.69) is 0 Å². The largest absolute Gasteiger partial charge is 0.399 e. The van der Waals surface area contributed by atoms with E-state index >= 15 is 0 Å². The van der Waals surface area contributed by atoms with Crippen molar-refractivity contribution in [3.05, 3.63) is 59.9 Å². The van der Waals surface area contributed by atoms with E-state index in [1.807, 2.05) is 0 Å². The molecule has 0 saturated carbocycles. The van der Waals surface area contributed by atoms with Gasteiger partial charge in [0.1, 0.15) is 5.82 Å². The van der Waals surface area contributed by atoms with Crippen LogP contribution < -0.4 is 10.0 Å². The topological polar surface area (TPSA) is 63.4 Å². The predicted octanol–water partition coefficient (Wildman–Crippen LogP) is 2.37. The molecule has 0 bridgehead atoms. The number of nitrogens with two attached hydrogens (primary N) is 1. The van der Waals surface area contributed by atoms with Crippen LogP contribution in [-0.2, 0) is 16.6 Å². The number of rotatable bonds is 4. The Morgan fingerprint density at radius 1 is 1.15 bits per heavy atom. The highest BCUT2D eigenvalue weighted by Crippen LogP contribution is 2.23. The van der Waals surface area contributed by atoms with Crippen molar-refractivity contribution in [2.24, 2.45) is 0 Å². The second kappa shape index (κ2) is 5.50. The van der Waals surface area contributed by atoms with Crippen LogP contribution in [0.15, 0.2) is 48.5 Å². The van der Waals surface area contributed by atoms with E-state index < -0.39 is 15.8 Å². The van der Waals surface area contributed by atoms with Gasteiger partial charge in [-0.15, -0.1) is 0 Å². The molecule has 4 nitrogen and oxygen atoms in total. The van der Waals surface area contributed by atoms with Crippen LogP contribution in [0.25, 0.3) is 0 Å². The number of nitrogens with zero attached hydrogens (tertiary/aromatic N) is 1. The highest BCUT2D eigenvalue weighted by atomic mass is 32.2. The summed E-state index contributed by atoms with van der Waals surface area (Å²) < 4.78 is 38.7. The first-order chi connectivity index (χ1) is 9.38. The van der Waals surface area contributed by atoms with Crippen LogP contribution in [0.5, 0.6) is 0 Å². The maximum atomic E-state index is 13.7. The third-order valence-electron chi connectivity index (χ3n) is 2.83. The summed E-state index contributed by atoms with van der Waals surface area (Å²) in [7, 11) is -3.54. The number of hydrogen-bond acceptors (Lipinski definition) is 3. The molecule has 0 unspecified atom stereocenters. The fourth-order valence-electron chi connectivity index (χ4n) is 1.86. The second-order valence-corrected chi connectivity index (χ2v) is 6.36. The van der Waals surface area contributed by atoms with Gasteiger partial charge in [0.15, 0.2) is 0 Å². The molecule has 0 aliphatic heterocycles. The van der Waals surface area contributed by atoms with Gasteiger partial charge in [-0.05, 0) is 24.3 Å². The molecule has 0 fully saturated rings. The van der Waals surface area contributed by atoms with E-state index in [4.69, 9.17) is 5.73 Å². The van der Waals surface area contributed by atoms with Gasteiger partial charge in [-0.25, -0.2) is 12.8 Å². The van der Waals surface area contributed by atoms with Gasteiger partial charge in [0.25, 0.3) is 0 Å². The minimum absolute atomic E-state index is 0.0744. The monoisotopic (exact) mass is 294 g/mol. The van der Waals surface area contributed by atoms with E-state index in [0.717, 1.165) is 10.6 Å². The zero-order chi connectivity index (χ0) is 14.8. The molecule has 0 amide bonds. The maximum Gasteiger partial charge on any atom is 0.232 e. The Morgan fingerprint density at radius 2 is 1.85 bits per heavy atom. The number of nitrogen functional groups attached to an aromatic ring is 1. The van der Waals surface area contributed by atoms with Gasteiger partial charge < -0.3 is 5.73 Å². The first kappa shape index (κ1) is 14.3. The summed E-state index contributed by atoms with van der Waals surface area (Å²) in [6, 6.07) is 12.6. The fourth-order valence-corrected chi connectivity index (χ4v) is 2.73. The molecular formula is C14H15FN2O2S. The predicted molar refractivity (Wildman–Crippen MR) is 78.3 cm³/mol. The lowest BCUT2D eigenvalue weighted by atomic mass is 10.2. The molecule has 0 radical (unpaired) electrons. The first-order valence-electron chi connectivity index (χ1n) is 5.94. The summed E-state index contributed by atoms with van der Waals surface area (Å²) in [5.74, 6) is -0.440. The Kier molecular flexibility index (Phi) is 3.94. The highest BCUT2D eigenvalue weighted by Gasteiger charge is 2.19. The van der Waals surface area contributed by atoms with Gasteiger partial charge >= 0.3 is 0 Å². The molecule has 6 heteroatoms. The number of sulfonamides is 1. The minimum Gasteiger partial charge on any atom is -0.399 e. The normalized spacial score (nSPS) is 11.3. The van der Waals surface area contributed by atoms with Crippen molar-refractivity contribution < 1.29 is 12.8 Å². The molecule has 0 aliphatic rings. The van der Waals surface area contributed by atoms with Crippen LogP contribution in [0.4, 0.5) is 15.8 Å². The molecule has 106 valence electrons. The lowest BCUT2D eigenvalue weighted by Gasteiger charge is -2.23. The summed E-state index contributed by atoms with van der Waals surface area (Å²) in [5, 5.41) is 0. The number of hydrogen-bond donors (Lipinski definition) is 1. The van der Waals surface area contributed by atoms with Crippen LogP contribution in [0.1, 0.15) is 5.56 Å². The summed E-state index contributed by atoms with van der Waals surface area (Å²) in [4.78, 5) is 0. The molecule has 0 saturated heterocycles. The quantitative estimate of drug-likeness (QED) is 0.881. The Morgan fingerprint density at radius 3 is 2.45 bits per heavy atom. The van der Waals surface area contributed by atoms with E-state index in [0.29, 0.717) is 16.9 Å². The van der Waals surface area contributed by atoms with E-state index in [-0.39, 0.29) is 6.54 Å². The molecule has 0 atom stereocenters. The number of anilines is 2. The van der Waals surface area contributed by atoms with E-state index in [1.54, 1.807) is 42.5 Å². The molecule has 2 aromatic rings. The summed E-state index contributed by atoms with van der Waals surface area (Å²) in [6.45, 7) is -0.0744. The summed E-state index contributed by atoms with van der Waals surface area (Å²) in [6.07, 6.45) is 1.08. The van der Waals surface area contributed by atoms with Crippen molar-refractivity contribution >= 4 is 21.4 Å². The van der Waals surface area contributed by atoms with Crippen LogP contribution in [0.3, 0.4) is 0 Å². The Labute approximate surface area is 117 Å². The van der Waals surface area contributed by atoms with Crippen LogP contribution >= 0.6 is 0 Å². The van der Waals surface area contributed by atoms with Crippen molar-refractivity contribution in [2.45, 2.75) is 6.54 Å². The van der Waals surface area contributed by atoms with Crippen molar-refractivity contribution in [1.82, 2.24) is 0 Å². The van der Waals surface area contributed by atoms with Crippen LogP contribution in [-0.4, -0.2) is 14.7 Å². The summed E-state index contributed by atoms with van der Waals surface area (Å²) in [5.41, 5.74) is 6.83. The van der Waals surface area contributed by atoms with Gasteiger partial charge in [-0.3, -0.25) is 4.31 Å². The number of halogens is 1. The zero-order valence-electron chi connectivity index (χ0n) is 11.0. The number of benzene rings is 2. The molecule has 2 aromatic carbocycles. The molecule has 0 heterocycles. The zero-order valence-corrected chi connectivity index (χ0v) is 11.8. The van der Waals surface area contributed by atoms with Crippen LogP contribution in [0, 0.1) is 5.82 Å². The molecule has 2 N–H and O–H groups in total. The van der Waals surface area contributed by atoms with E-state index in [1.165, 1.54) is 6.07 Å². The van der Waals surface area contributed by atoms with Crippen molar-refractivity contribution in [2.75, 3.05) is 16.3 Å². The van der Waals surface area contributed by atoms with Gasteiger partial charge in [-0.2, -0.15) is 0 Å². The SMILES string of the molecule is CS(=O)(=O)N(Cc1ccccc1F)c1cccc(N)c1. The first-order valence-corrected chi connectivity index (χ1v) is 7.79. The Balaban J connectivity index is 2.43. The third kappa shape index (κ3) is 3.27. The van der Waals surface area contributed by atoms with Crippen molar-refractivity contribution in [3.8, 4) is 0 Å². The van der Waals surface area contributed by atoms with Gasteiger partial charge in [0.05, 0.1) is 18.5 Å². The average Bonchev–Trinajstić information content (AvgIpc) is 2.36. The van der Waals surface area contributed by atoms with E-state index in [9.17, 15) is 12.8 Å². The lowest BCUT2D eigenvalue weighted by Crippen LogP contribution is -2.29. The van der Waals surface area contributed by atoms with Gasteiger partial charge in [0, 0.05) is 11.3 Å². The van der Waals surface area contributed by atoms with Crippen LogP contribution in [0.2, 0.25) is 0 Å². The minimum atomic E-state index is -3.54. The van der Waals surface area contributed by atoms with Gasteiger partial charge in [-0.1, -0.05) is 24.3 Å². The molecule has 2 rings (SSSR count). The standard InChI is InChI=1S/C14H15FN2O2S/c1-20(18,19)17(13-7-4-6-12(16)9-13)10-11-5-2-3-8-14(11)15/h2-9H,10,16H2,1H3. The third-order valence-corrected chi connectivity index (χ3v) is 3.97. The fraction of sp³-hybridized carbons (Fsp3) is 0.143. The molecule has 20 heavy (non-hydrogen) atoms. The van der Waals surface area contributed by atoms with Crippen molar-refractivity contribution in [1.29, 1.82) is 0 Å². The van der Waals surface area contributed by atoms with Gasteiger partial charge in [0.2, 0.25) is 10.0 Å².